The molecule has 1 nitrogen and oxygen atoms in total. The van der Waals surface area contributed by atoms with Crippen molar-refractivity contribution >= 4 is 0 Å². The van der Waals surface area contributed by atoms with Gasteiger partial charge in [-0.15, -0.1) is 0 Å². The first-order chi connectivity index (χ1) is 5.70. The molecule has 12 heavy (non-hydrogen) atoms. The number of hydrogen-bond donors (Lipinski definition) is 1. The molecule has 0 aliphatic carbocycles. The fraction of sp³-hybridized carbons (Fsp3) is 0.455. The summed E-state index contributed by atoms with van der Waals surface area (Å²) in [6, 6.07) is 3.80. The Bertz CT molecular complexity index is 277. The van der Waals surface area contributed by atoms with E-state index in [1.54, 1.807) is 6.07 Å². The number of aromatic hydroxyl groups is 1. The normalized spacial score (nSPS) is 10.2. The first-order valence-electron chi connectivity index (χ1n) is 4.51. The van der Waals surface area contributed by atoms with Crippen LogP contribution in [0.15, 0.2) is 12.1 Å². The minimum atomic E-state index is 0.437. The molecule has 66 valence electrons. The Morgan fingerprint density at radius 3 is 2.33 bits per heavy atom. The van der Waals surface area contributed by atoms with E-state index < -0.39 is 0 Å². The molecule has 0 aliphatic heterocycles. The molecule has 0 atom stereocenters. The number of rotatable bonds is 2. The number of phenolic OH excluding ortho intramolecular Hbond substituents is 1. The van der Waals surface area contributed by atoms with Crippen LogP contribution in [0.2, 0.25) is 0 Å². The Morgan fingerprint density at radius 1 is 1.17 bits per heavy atom. The zero-order valence-electron chi connectivity index (χ0n) is 8.02. The van der Waals surface area contributed by atoms with E-state index in [1.165, 1.54) is 11.1 Å². The van der Waals surface area contributed by atoms with Crippen LogP contribution in [0.5, 0.6) is 5.75 Å². The molecule has 1 rings (SSSR count). The van der Waals surface area contributed by atoms with Gasteiger partial charge in [0.25, 0.3) is 0 Å². The van der Waals surface area contributed by atoms with Gasteiger partial charge < -0.3 is 5.11 Å². The van der Waals surface area contributed by atoms with Gasteiger partial charge in [-0.05, 0) is 42.5 Å². The van der Waals surface area contributed by atoms with Crippen LogP contribution in [0, 0.1) is 6.92 Å². The van der Waals surface area contributed by atoms with Crippen LogP contribution in [0.25, 0.3) is 0 Å². The highest BCUT2D eigenvalue weighted by molar-refractivity contribution is 5.43. The van der Waals surface area contributed by atoms with Crippen molar-refractivity contribution in [3.05, 3.63) is 28.8 Å². The van der Waals surface area contributed by atoms with Gasteiger partial charge in [0, 0.05) is 0 Å². The van der Waals surface area contributed by atoms with Crippen LogP contribution in [-0.4, -0.2) is 5.11 Å². The molecule has 1 aromatic carbocycles. The van der Waals surface area contributed by atoms with E-state index >= 15 is 0 Å². The molecule has 0 bridgehead atoms. The summed E-state index contributed by atoms with van der Waals surface area (Å²) in [7, 11) is 0. The van der Waals surface area contributed by atoms with E-state index in [0.717, 1.165) is 18.4 Å². The van der Waals surface area contributed by atoms with Gasteiger partial charge in [0.1, 0.15) is 5.75 Å². The third-order valence-electron chi connectivity index (χ3n) is 2.42. The second-order valence-corrected chi connectivity index (χ2v) is 3.05. The van der Waals surface area contributed by atoms with Crippen molar-refractivity contribution in [3.8, 4) is 5.75 Å². The van der Waals surface area contributed by atoms with Crippen LogP contribution < -0.4 is 0 Å². The summed E-state index contributed by atoms with van der Waals surface area (Å²) in [6.45, 7) is 6.29. The van der Waals surface area contributed by atoms with Crippen LogP contribution in [0.3, 0.4) is 0 Å². The number of benzene rings is 1. The Hall–Kier alpha value is -0.980. The maximum absolute atomic E-state index is 9.51. The van der Waals surface area contributed by atoms with Gasteiger partial charge in [-0.2, -0.15) is 0 Å². The van der Waals surface area contributed by atoms with Gasteiger partial charge in [0.2, 0.25) is 0 Å². The molecule has 1 heteroatoms. The lowest BCUT2D eigenvalue weighted by Crippen LogP contribution is -1.93. The largest absolute Gasteiger partial charge is 0.508 e. The molecule has 0 saturated carbocycles. The van der Waals surface area contributed by atoms with Gasteiger partial charge in [0.15, 0.2) is 0 Å². The van der Waals surface area contributed by atoms with E-state index in [0.29, 0.717) is 5.75 Å². The fourth-order valence-electron chi connectivity index (χ4n) is 1.62. The molecule has 1 aromatic rings. The zero-order chi connectivity index (χ0) is 9.14. The number of aryl methyl sites for hydroxylation is 1. The first-order valence-corrected chi connectivity index (χ1v) is 4.51. The minimum absolute atomic E-state index is 0.437. The SMILES string of the molecule is CCc1ccc(O)c(CC)c1C. The Labute approximate surface area is 74.1 Å². The molecule has 0 unspecified atom stereocenters. The molecular formula is C11H16O. The lowest BCUT2D eigenvalue weighted by Gasteiger charge is -2.09. The predicted octanol–water partition coefficient (Wildman–Crippen LogP) is 2.83. The van der Waals surface area contributed by atoms with Gasteiger partial charge in [-0.3, -0.25) is 0 Å². The van der Waals surface area contributed by atoms with Crippen molar-refractivity contribution in [2.75, 3.05) is 0 Å². The predicted molar refractivity (Wildman–Crippen MR) is 51.6 cm³/mol. The Balaban J connectivity index is 3.24. The molecule has 0 amide bonds. The molecule has 0 aromatic heterocycles. The van der Waals surface area contributed by atoms with E-state index in [-0.39, 0.29) is 0 Å². The van der Waals surface area contributed by atoms with Crippen LogP contribution in [0.1, 0.15) is 30.5 Å². The highest BCUT2D eigenvalue weighted by Crippen LogP contribution is 2.24. The molecule has 0 heterocycles. The monoisotopic (exact) mass is 164 g/mol. The van der Waals surface area contributed by atoms with Gasteiger partial charge in [0.05, 0.1) is 0 Å². The van der Waals surface area contributed by atoms with Crippen LogP contribution in [0.4, 0.5) is 0 Å². The number of hydrogen-bond acceptors (Lipinski definition) is 1. The van der Waals surface area contributed by atoms with Gasteiger partial charge in [-0.1, -0.05) is 19.9 Å². The maximum Gasteiger partial charge on any atom is 0.119 e. The molecule has 0 radical (unpaired) electrons. The summed E-state index contributed by atoms with van der Waals surface area (Å²) in [4.78, 5) is 0. The first kappa shape index (κ1) is 9.11. The highest BCUT2D eigenvalue weighted by Gasteiger charge is 2.05. The lowest BCUT2D eigenvalue weighted by atomic mass is 9.98. The second kappa shape index (κ2) is 3.61. The van der Waals surface area contributed by atoms with E-state index in [1.807, 2.05) is 6.07 Å². The fourth-order valence-corrected chi connectivity index (χ4v) is 1.62. The lowest BCUT2D eigenvalue weighted by molar-refractivity contribution is 0.468. The van der Waals surface area contributed by atoms with Crippen molar-refractivity contribution < 1.29 is 5.11 Å². The molecule has 0 fully saturated rings. The summed E-state index contributed by atoms with van der Waals surface area (Å²) in [5, 5.41) is 9.51. The topological polar surface area (TPSA) is 20.2 Å². The van der Waals surface area contributed by atoms with Crippen molar-refractivity contribution in [1.29, 1.82) is 0 Å². The average Bonchev–Trinajstić information content (AvgIpc) is 2.06. The van der Waals surface area contributed by atoms with Crippen LogP contribution >= 0.6 is 0 Å². The smallest absolute Gasteiger partial charge is 0.119 e. The van der Waals surface area contributed by atoms with Crippen LogP contribution in [-0.2, 0) is 12.8 Å². The Kier molecular flexibility index (Phi) is 2.74. The molecule has 0 aliphatic rings. The van der Waals surface area contributed by atoms with E-state index in [4.69, 9.17) is 0 Å². The molecule has 0 spiro atoms. The summed E-state index contributed by atoms with van der Waals surface area (Å²) >= 11 is 0. The standard InChI is InChI=1S/C11H16O/c1-4-9-6-7-11(12)10(5-2)8(9)3/h6-7,12H,4-5H2,1-3H3. The summed E-state index contributed by atoms with van der Waals surface area (Å²) < 4.78 is 0. The summed E-state index contributed by atoms with van der Waals surface area (Å²) in [5.41, 5.74) is 3.68. The number of phenols is 1. The minimum Gasteiger partial charge on any atom is -0.508 e. The zero-order valence-corrected chi connectivity index (χ0v) is 8.02. The van der Waals surface area contributed by atoms with Crippen molar-refractivity contribution in [2.24, 2.45) is 0 Å². The third-order valence-corrected chi connectivity index (χ3v) is 2.42. The summed E-state index contributed by atoms with van der Waals surface area (Å²) in [6.07, 6.45) is 1.95. The Morgan fingerprint density at radius 2 is 1.83 bits per heavy atom. The van der Waals surface area contributed by atoms with Crippen molar-refractivity contribution in [2.45, 2.75) is 33.6 Å². The quantitative estimate of drug-likeness (QED) is 0.712. The maximum atomic E-state index is 9.51. The highest BCUT2D eigenvalue weighted by atomic mass is 16.3. The third kappa shape index (κ3) is 1.45. The molecule has 1 N–H and O–H groups in total. The van der Waals surface area contributed by atoms with Gasteiger partial charge in [-0.25, -0.2) is 0 Å². The molecule has 0 saturated heterocycles. The molecular weight excluding hydrogens is 148 g/mol. The van der Waals surface area contributed by atoms with Gasteiger partial charge >= 0.3 is 0 Å². The van der Waals surface area contributed by atoms with Crippen molar-refractivity contribution in [3.63, 3.8) is 0 Å². The van der Waals surface area contributed by atoms with E-state index in [9.17, 15) is 5.11 Å². The van der Waals surface area contributed by atoms with Crippen molar-refractivity contribution in [1.82, 2.24) is 0 Å². The van der Waals surface area contributed by atoms with E-state index in [2.05, 4.69) is 20.8 Å². The summed E-state index contributed by atoms with van der Waals surface area (Å²) in [5.74, 6) is 0.437. The second-order valence-electron chi connectivity index (χ2n) is 3.05. The average molecular weight is 164 g/mol.